The summed E-state index contributed by atoms with van der Waals surface area (Å²) in [4.78, 5) is 1.97. The molecule has 1 unspecified atom stereocenters. The number of hydrogen-bond acceptors (Lipinski definition) is 7. The third-order valence-corrected chi connectivity index (χ3v) is 7.76. The molecule has 1 aliphatic heterocycles. The van der Waals surface area contributed by atoms with Crippen molar-refractivity contribution in [2.45, 2.75) is 29.4 Å². The van der Waals surface area contributed by atoms with Gasteiger partial charge < -0.3 is 0 Å². The highest BCUT2D eigenvalue weighted by Crippen LogP contribution is 2.30. The van der Waals surface area contributed by atoms with Crippen LogP contribution in [0.15, 0.2) is 35.2 Å². The van der Waals surface area contributed by atoms with Crippen molar-refractivity contribution in [3.63, 3.8) is 0 Å². The van der Waals surface area contributed by atoms with Gasteiger partial charge in [-0.15, -0.1) is 22.0 Å². The van der Waals surface area contributed by atoms with Gasteiger partial charge in [-0.25, -0.2) is 12.7 Å². The molecular weight excluding hydrogens is 390 g/mol. The van der Waals surface area contributed by atoms with Crippen LogP contribution < -0.4 is 0 Å². The number of benzene rings is 1. The largest absolute Gasteiger partial charge is 0.234 e. The molecule has 4 rings (SSSR count). The molecule has 0 aliphatic carbocycles. The number of rotatable bonds is 5. The average molecular weight is 410 g/mol. The predicted octanol–water partition coefficient (Wildman–Crippen LogP) is 2.62. The Kier molecular flexibility index (Phi) is 5.00. The molecule has 1 aromatic carbocycles. The van der Waals surface area contributed by atoms with Gasteiger partial charge in [0.05, 0.1) is 12.0 Å². The summed E-state index contributed by atoms with van der Waals surface area (Å²) in [5, 5.41) is 14.2. The van der Waals surface area contributed by atoms with E-state index in [1.54, 1.807) is 16.3 Å². The Balaban J connectivity index is 1.52. The molecule has 0 bridgehead atoms. The van der Waals surface area contributed by atoms with Crippen LogP contribution in [0, 0.1) is 0 Å². The highest BCUT2D eigenvalue weighted by molar-refractivity contribution is 7.98. The van der Waals surface area contributed by atoms with Crippen LogP contribution in [0.2, 0.25) is 0 Å². The number of nitrogens with zero attached hydrogens (tertiary/aromatic N) is 5. The Bertz CT molecular complexity index is 999. The Labute approximate surface area is 160 Å². The SMILES string of the molecule is CS(=O)(=O)N1CCCC(c2nnc3sc(CSc4ccccc4)nn23)C1. The Morgan fingerprint density at radius 3 is 2.85 bits per heavy atom. The molecule has 0 saturated carbocycles. The van der Waals surface area contributed by atoms with Crippen LogP contribution >= 0.6 is 23.1 Å². The van der Waals surface area contributed by atoms with Crippen LogP contribution in [0.3, 0.4) is 0 Å². The summed E-state index contributed by atoms with van der Waals surface area (Å²) in [7, 11) is -3.18. The smallest absolute Gasteiger partial charge is 0.213 e. The van der Waals surface area contributed by atoms with Gasteiger partial charge in [0.15, 0.2) is 5.82 Å². The van der Waals surface area contributed by atoms with Crippen molar-refractivity contribution in [2.75, 3.05) is 19.3 Å². The Morgan fingerprint density at radius 1 is 1.27 bits per heavy atom. The molecule has 10 heteroatoms. The fraction of sp³-hybridized carbons (Fsp3) is 0.438. The van der Waals surface area contributed by atoms with E-state index in [2.05, 4.69) is 27.4 Å². The molecule has 1 atom stereocenters. The van der Waals surface area contributed by atoms with Gasteiger partial charge in [-0.2, -0.15) is 9.61 Å². The summed E-state index contributed by atoms with van der Waals surface area (Å²) in [5.74, 6) is 1.57. The van der Waals surface area contributed by atoms with Crippen LogP contribution in [0.25, 0.3) is 4.96 Å². The second kappa shape index (κ2) is 7.26. The third kappa shape index (κ3) is 3.78. The summed E-state index contributed by atoms with van der Waals surface area (Å²) in [6, 6.07) is 10.2. The maximum absolute atomic E-state index is 11.9. The number of thioether (sulfide) groups is 1. The van der Waals surface area contributed by atoms with E-state index in [0.717, 1.165) is 34.4 Å². The fourth-order valence-electron chi connectivity index (χ4n) is 3.10. The number of fused-ring (bicyclic) bond motifs is 1. The van der Waals surface area contributed by atoms with Crippen molar-refractivity contribution >= 4 is 38.1 Å². The first-order chi connectivity index (χ1) is 12.5. The van der Waals surface area contributed by atoms with Crippen LogP contribution in [0.5, 0.6) is 0 Å². The minimum atomic E-state index is -3.18. The topological polar surface area (TPSA) is 80.5 Å². The van der Waals surface area contributed by atoms with E-state index in [1.165, 1.54) is 26.8 Å². The maximum atomic E-state index is 11.9. The van der Waals surface area contributed by atoms with Gasteiger partial charge >= 0.3 is 0 Å². The second-order valence-corrected chi connectivity index (χ2v) is 10.4. The van der Waals surface area contributed by atoms with E-state index in [4.69, 9.17) is 0 Å². The van der Waals surface area contributed by atoms with Gasteiger partial charge in [0.25, 0.3) is 0 Å². The quantitative estimate of drug-likeness (QED) is 0.603. The van der Waals surface area contributed by atoms with Crippen molar-refractivity contribution in [2.24, 2.45) is 0 Å². The standard InChI is InChI=1S/C16H19N5O2S3/c1-26(22,23)20-9-5-6-12(10-20)15-17-18-16-21(15)19-14(25-16)11-24-13-7-3-2-4-8-13/h2-4,7-8,12H,5-6,9-11H2,1H3. The van der Waals surface area contributed by atoms with E-state index in [0.29, 0.717) is 13.1 Å². The minimum absolute atomic E-state index is 0.0326. The number of aromatic nitrogens is 4. The summed E-state index contributed by atoms with van der Waals surface area (Å²) in [6.45, 7) is 1.03. The zero-order chi connectivity index (χ0) is 18.1. The number of piperidine rings is 1. The van der Waals surface area contributed by atoms with Crippen molar-refractivity contribution in [1.29, 1.82) is 0 Å². The highest BCUT2D eigenvalue weighted by atomic mass is 32.2. The lowest BCUT2D eigenvalue weighted by Gasteiger charge is -2.29. The molecule has 2 aromatic heterocycles. The van der Waals surface area contributed by atoms with Crippen LogP contribution in [0.4, 0.5) is 0 Å². The molecule has 3 heterocycles. The molecular formula is C16H19N5O2S3. The number of hydrogen-bond donors (Lipinski definition) is 0. The zero-order valence-corrected chi connectivity index (χ0v) is 16.7. The van der Waals surface area contributed by atoms with Crippen LogP contribution in [-0.4, -0.2) is 51.9 Å². The molecule has 0 N–H and O–H groups in total. The zero-order valence-electron chi connectivity index (χ0n) is 14.3. The van der Waals surface area contributed by atoms with Crippen molar-refractivity contribution in [1.82, 2.24) is 24.1 Å². The number of sulfonamides is 1. The van der Waals surface area contributed by atoms with E-state index in [-0.39, 0.29) is 5.92 Å². The molecule has 1 fully saturated rings. The van der Waals surface area contributed by atoms with E-state index in [9.17, 15) is 8.42 Å². The molecule has 7 nitrogen and oxygen atoms in total. The summed E-state index contributed by atoms with van der Waals surface area (Å²) < 4.78 is 27.0. The molecule has 0 amide bonds. The average Bonchev–Trinajstić information content (AvgIpc) is 3.20. The first kappa shape index (κ1) is 17.9. The molecule has 3 aromatic rings. The van der Waals surface area contributed by atoms with E-state index in [1.807, 2.05) is 18.2 Å². The summed E-state index contributed by atoms with van der Waals surface area (Å²) in [5.41, 5.74) is 0. The lowest BCUT2D eigenvalue weighted by atomic mass is 9.99. The lowest BCUT2D eigenvalue weighted by molar-refractivity contribution is 0.309. The first-order valence-electron chi connectivity index (χ1n) is 8.35. The van der Waals surface area contributed by atoms with Gasteiger partial charge in [-0.1, -0.05) is 29.5 Å². The van der Waals surface area contributed by atoms with Crippen LogP contribution in [0.1, 0.15) is 29.6 Å². The van der Waals surface area contributed by atoms with Gasteiger partial charge in [-0.05, 0) is 25.0 Å². The summed E-state index contributed by atoms with van der Waals surface area (Å²) >= 11 is 3.27. The lowest BCUT2D eigenvalue weighted by Crippen LogP contribution is -2.38. The summed E-state index contributed by atoms with van der Waals surface area (Å²) in [6.07, 6.45) is 2.99. The Hall–Kier alpha value is -1.49. The molecule has 138 valence electrons. The third-order valence-electron chi connectivity index (χ3n) is 4.38. The Morgan fingerprint density at radius 2 is 2.08 bits per heavy atom. The second-order valence-electron chi connectivity index (χ2n) is 6.31. The van der Waals surface area contributed by atoms with Gasteiger partial charge in [0.2, 0.25) is 15.0 Å². The molecule has 1 aliphatic rings. The fourth-order valence-corrected chi connectivity index (χ4v) is 5.76. The first-order valence-corrected chi connectivity index (χ1v) is 12.0. The van der Waals surface area contributed by atoms with Crippen molar-refractivity contribution < 1.29 is 8.42 Å². The molecule has 1 saturated heterocycles. The van der Waals surface area contributed by atoms with Gasteiger partial charge in [0.1, 0.15) is 5.01 Å². The van der Waals surface area contributed by atoms with Crippen LogP contribution in [-0.2, 0) is 15.8 Å². The normalized spacial score (nSPS) is 19.2. The van der Waals surface area contributed by atoms with Crippen molar-refractivity contribution in [3.8, 4) is 0 Å². The van der Waals surface area contributed by atoms with E-state index < -0.39 is 10.0 Å². The minimum Gasteiger partial charge on any atom is -0.213 e. The molecule has 0 spiro atoms. The van der Waals surface area contributed by atoms with Crippen molar-refractivity contribution in [3.05, 3.63) is 41.2 Å². The maximum Gasteiger partial charge on any atom is 0.234 e. The van der Waals surface area contributed by atoms with Gasteiger partial charge in [-0.3, -0.25) is 0 Å². The van der Waals surface area contributed by atoms with Gasteiger partial charge in [0, 0.05) is 23.9 Å². The molecule has 26 heavy (non-hydrogen) atoms. The van der Waals surface area contributed by atoms with E-state index >= 15 is 0 Å². The molecule has 0 radical (unpaired) electrons. The highest BCUT2D eigenvalue weighted by Gasteiger charge is 2.30. The monoisotopic (exact) mass is 409 g/mol. The predicted molar refractivity (Wildman–Crippen MR) is 103 cm³/mol.